The standard InChI is InChI=1S/C13H9ClF2N2O2/c14-9-2-1-3-10(15)13(9)17-7-8-4-5-12(18(19)20)11(16)6-8/h1-6,17H,7H2. The molecule has 0 unspecified atom stereocenters. The van der Waals surface area contributed by atoms with Gasteiger partial charge < -0.3 is 5.32 Å². The van der Waals surface area contributed by atoms with E-state index in [9.17, 15) is 18.9 Å². The normalized spacial score (nSPS) is 10.3. The Bertz CT molecular complexity index is 645. The van der Waals surface area contributed by atoms with Crippen LogP contribution in [0.1, 0.15) is 5.56 Å². The Balaban J connectivity index is 2.16. The molecule has 4 nitrogen and oxygen atoms in total. The van der Waals surface area contributed by atoms with Crippen LogP contribution in [0.25, 0.3) is 0 Å². The van der Waals surface area contributed by atoms with E-state index in [4.69, 9.17) is 11.6 Å². The van der Waals surface area contributed by atoms with Crippen LogP contribution in [-0.2, 0) is 6.54 Å². The quantitative estimate of drug-likeness (QED) is 0.682. The number of nitro groups is 1. The fourth-order valence-electron chi connectivity index (χ4n) is 1.67. The highest BCUT2D eigenvalue weighted by molar-refractivity contribution is 6.33. The highest BCUT2D eigenvalue weighted by Crippen LogP contribution is 2.25. The molecule has 0 amide bonds. The molecule has 0 aliphatic carbocycles. The molecule has 0 aromatic heterocycles. The number of hydrogen-bond acceptors (Lipinski definition) is 3. The van der Waals surface area contributed by atoms with Crippen molar-refractivity contribution in [2.45, 2.75) is 6.54 Å². The molecule has 0 aliphatic rings. The summed E-state index contributed by atoms with van der Waals surface area (Å²) in [4.78, 5) is 9.68. The van der Waals surface area contributed by atoms with Crippen molar-refractivity contribution in [2.24, 2.45) is 0 Å². The number of nitro benzene ring substituents is 1. The molecule has 0 radical (unpaired) electrons. The smallest absolute Gasteiger partial charge is 0.304 e. The first-order valence-corrected chi connectivity index (χ1v) is 5.97. The third-order valence-electron chi connectivity index (χ3n) is 2.64. The summed E-state index contributed by atoms with van der Waals surface area (Å²) in [5.41, 5.74) is -0.0574. The lowest BCUT2D eigenvalue weighted by Crippen LogP contribution is -2.03. The molecule has 2 aromatic rings. The van der Waals surface area contributed by atoms with Gasteiger partial charge in [-0.3, -0.25) is 10.1 Å². The van der Waals surface area contributed by atoms with Gasteiger partial charge in [0.25, 0.3) is 0 Å². The Kier molecular flexibility index (Phi) is 4.14. The van der Waals surface area contributed by atoms with Gasteiger partial charge in [-0.25, -0.2) is 4.39 Å². The lowest BCUT2D eigenvalue weighted by molar-refractivity contribution is -0.387. The molecular weight excluding hydrogens is 290 g/mol. The average molecular weight is 299 g/mol. The van der Waals surface area contributed by atoms with E-state index >= 15 is 0 Å². The van der Waals surface area contributed by atoms with E-state index in [2.05, 4.69) is 5.32 Å². The summed E-state index contributed by atoms with van der Waals surface area (Å²) in [5, 5.41) is 13.4. The van der Waals surface area contributed by atoms with E-state index in [0.29, 0.717) is 5.56 Å². The molecule has 2 rings (SSSR count). The molecule has 20 heavy (non-hydrogen) atoms. The number of halogens is 3. The van der Waals surface area contributed by atoms with Gasteiger partial charge in [0.15, 0.2) is 0 Å². The summed E-state index contributed by atoms with van der Waals surface area (Å²) >= 11 is 5.83. The zero-order valence-electron chi connectivity index (χ0n) is 10.1. The van der Waals surface area contributed by atoms with Crippen molar-refractivity contribution in [1.82, 2.24) is 0 Å². The zero-order valence-corrected chi connectivity index (χ0v) is 10.8. The van der Waals surface area contributed by atoms with Gasteiger partial charge in [0.05, 0.1) is 15.6 Å². The Morgan fingerprint density at radius 1 is 1.20 bits per heavy atom. The predicted octanol–water partition coefficient (Wildman–Crippen LogP) is 4.14. The van der Waals surface area contributed by atoms with Gasteiger partial charge in [0.1, 0.15) is 5.82 Å². The van der Waals surface area contributed by atoms with Crippen LogP contribution in [0.5, 0.6) is 0 Å². The van der Waals surface area contributed by atoms with Crippen molar-refractivity contribution in [3.63, 3.8) is 0 Å². The van der Waals surface area contributed by atoms with E-state index in [1.54, 1.807) is 0 Å². The maximum atomic E-state index is 13.5. The van der Waals surface area contributed by atoms with Crippen molar-refractivity contribution < 1.29 is 13.7 Å². The van der Waals surface area contributed by atoms with Gasteiger partial charge in [-0.15, -0.1) is 0 Å². The Labute approximate surface area is 118 Å². The van der Waals surface area contributed by atoms with E-state index < -0.39 is 22.2 Å². The van der Waals surface area contributed by atoms with Crippen LogP contribution in [0.4, 0.5) is 20.2 Å². The summed E-state index contributed by atoms with van der Waals surface area (Å²) < 4.78 is 26.9. The second-order valence-electron chi connectivity index (χ2n) is 3.99. The molecular formula is C13H9ClF2N2O2. The maximum absolute atomic E-state index is 13.5. The van der Waals surface area contributed by atoms with Crippen molar-refractivity contribution in [2.75, 3.05) is 5.32 Å². The second-order valence-corrected chi connectivity index (χ2v) is 4.40. The average Bonchev–Trinajstić information content (AvgIpc) is 2.37. The van der Waals surface area contributed by atoms with E-state index in [1.807, 2.05) is 0 Å². The van der Waals surface area contributed by atoms with E-state index in [-0.39, 0.29) is 17.3 Å². The van der Waals surface area contributed by atoms with Crippen LogP contribution in [0, 0.1) is 21.7 Å². The molecule has 0 heterocycles. The topological polar surface area (TPSA) is 55.2 Å². The first-order chi connectivity index (χ1) is 9.49. The number of nitrogens with one attached hydrogen (secondary N) is 1. The molecule has 104 valence electrons. The van der Waals surface area contributed by atoms with E-state index in [1.165, 1.54) is 24.3 Å². The van der Waals surface area contributed by atoms with Crippen molar-refractivity contribution >= 4 is 23.0 Å². The molecule has 0 saturated carbocycles. The summed E-state index contributed by atoms with van der Waals surface area (Å²) in [5.74, 6) is -1.46. The minimum absolute atomic E-state index is 0.0928. The second kappa shape index (κ2) is 5.83. The van der Waals surface area contributed by atoms with Crippen LogP contribution >= 0.6 is 11.6 Å². The maximum Gasteiger partial charge on any atom is 0.304 e. The Morgan fingerprint density at radius 3 is 2.55 bits per heavy atom. The summed E-state index contributed by atoms with van der Waals surface area (Å²) in [6.07, 6.45) is 0. The number of para-hydroxylation sites is 1. The first kappa shape index (κ1) is 14.2. The lowest BCUT2D eigenvalue weighted by atomic mass is 10.2. The van der Waals surface area contributed by atoms with E-state index in [0.717, 1.165) is 12.1 Å². The minimum atomic E-state index is -0.936. The van der Waals surface area contributed by atoms with Crippen molar-refractivity contribution in [1.29, 1.82) is 0 Å². The number of nitrogens with zero attached hydrogens (tertiary/aromatic N) is 1. The van der Waals surface area contributed by atoms with Crippen LogP contribution in [-0.4, -0.2) is 4.92 Å². The zero-order chi connectivity index (χ0) is 14.7. The fourth-order valence-corrected chi connectivity index (χ4v) is 1.90. The highest BCUT2D eigenvalue weighted by Gasteiger charge is 2.14. The molecule has 0 spiro atoms. The fraction of sp³-hybridized carbons (Fsp3) is 0.0769. The third-order valence-corrected chi connectivity index (χ3v) is 2.96. The van der Waals surface area contributed by atoms with Crippen LogP contribution < -0.4 is 5.32 Å². The monoisotopic (exact) mass is 298 g/mol. The molecule has 7 heteroatoms. The molecule has 0 atom stereocenters. The van der Waals surface area contributed by atoms with Gasteiger partial charge >= 0.3 is 5.69 Å². The molecule has 0 aliphatic heterocycles. The Morgan fingerprint density at radius 2 is 1.95 bits per heavy atom. The van der Waals surface area contributed by atoms with Crippen LogP contribution in [0.15, 0.2) is 36.4 Å². The molecule has 1 N–H and O–H groups in total. The molecule has 0 saturated heterocycles. The first-order valence-electron chi connectivity index (χ1n) is 5.59. The predicted molar refractivity (Wildman–Crippen MR) is 71.8 cm³/mol. The molecule has 0 fully saturated rings. The number of anilines is 1. The van der Waals surface area contributed by atoms with Gasteiger partial charge in [0.2, 0.25) is 5.82 Å². The summed E-state index contributed by atoms with van der Waals surface area (Å²) in [6.45, 7) is 0.0928. The third kappa shape index (κ3) is 3.03. The van der Waals surface area contributed by atoms with Crippen molar-refractivity contribution in [3.8, 4) is 0 Å². The van der Waals surface area contributed by atoms with Gasteiger partial charge in [0, 0.05) is 12.6 Å². The van der Waals surface area contributed by atoms with Gasteiger partial charge in [-0.05, 0) is 23.8 Å². The van der Waals surface area contributed by atoms with Crippen molar-refractivity contribution in [3.05, 3.63) is 68.7 Å². The Hall–Kier alpha value is -2.21. The number of hydrogen-bond donors (Lipinski definition) is 1. The van der Waals surface area contributed by atoms with Crippen LogP contribution in [0.3, 0.4) is 0 Å². The van der Waals surface area contributed by atoms with Gasteiger partial charge in [-0.1, -0.05) is 23.7 Å². The van der Waals surface area contributed by atoms with Gasteiger partial charge in [-0.2, -0.15) is 4.39 Å². The minimum Gasteiger partial charge on any atom is -0.377 e. The summed E-state index contributed by atoms with van der Waals surface area (Å²) in [6, 6.07) is 7.71. The number of benzene rings is 2. The number of rotatable bonds is 4. The lowest BCUT2D eigenvalue weighted by Gasteiger charge is -2.09. The highest BCUT2D eigenvalue weighted by atomic mass is 35.5. The SMILES string of the molecule is O=[N+]([O-])c1ccc(CNc2c(F)cccc2Cl)cc1F. The van der Waals surface area contributed by atoms with Crippen LogP contribution in [0.2, 0.25) is 5.02 Å². The largest absolute Gasteiger partial charge is 0.377 e. The molecule has 0 bridgehead atoms. The summed E-state index contributed by atoms with van der Waals surface area (Å²) in [7, 11) is 0. The molecule has 2 aromatic carbocycles.